The van der Waals surface area contributed by atoms with Crippen LogP contribution in [-0.2, 0) is 49.7 Å². The van der Waals surface area contributed by atoms with Gasteiger partial charge in [0.05, 0.1) is 29.4 Å². The largest absolute Gasteiger partial charge is 0.507 e. The average Bonchev–Trinajstić information content (AvgIpc) is 2.92. The molecule has 0 saturated heterocycles. The zero-order valence-electron chi connectivity index (χ0n) is 21.0. The quantitative estimate of drug-likeness (QED) is 0.193. The standard InChI is InChI=1S/C24H18O14S5/c25-21-9-7-17(13-23(21)40(29,30)15-3-1-5-19(11-15)42(33,34)35)39(27,28)18-8-10-22(26)24(14-18)41(31,32)16-4-2-6-20(12-16)43(36,37)38/h1-14,25-26H,(H,33,34,35)(H,36,37,38). The van der Waals surface area contributed by atoms with Gasteiger partial charge in [-0.05, 0) is 72.8 Å². The lowest BCUT2D eigenvalue weighted by Crippen LogP contribution is -2.09. The number of aromatic hydroxyl groups is 2. The van der Waals surface area contributed by atoms with E-state index in [4.69, 9.17) is 0 Å². The second-order valence-corrected chi connectivity index (χ2v) is 17.3. The van der Waals surface area contributed by atoms with Crippen LogP contribution in [0.3, 0.4) is 0 Å². The minimum atomic E-state index is -4.83. The van der Waals surface area contributed by atoms with E-state index >= 15 is 0 Å². The molecule has 4 N–H and O–H groups in total. The van der Waals surface area contributed by atoms with Crippen molar-refractivity contribution in [2.24, 2.45) is 0 Å². The van der Waals surface area contributed by atoms with Crippen LogP contribution < -0.4 is 0 Å². The van der Waals surface area contributed by atoms with Crippen LogP contribution in [0.1, 0.15) is 0 Å². The van der Waals surface area contributed by atoms with Gasteiger partial charge in [0.25, 0.3) is 20.2 Å². The van der Waals surface area contributed by atoms with E-state index in [1.807, 2.05) is 0 Å². The Bertz CT molecular complexity index is 2180. The van der Waals surface area contributed by atoms with Crippen LogP contribution >= 0.6 is 0 Å². The molecule has 0 amide bonds. The number of phenolic OH excluding ortho intramolecular Hbond substituents is 2. The van der Waals surface area contributed by atoms with E-state index < -0.39 is 100 Å². The van der Waals surface area contributed by atoms with Crippen LogP contribution in [0.5, 0.6) is 11.5 Å². The fourth-order valence-corrected chi connectivity index (χ4v) is 9.25. The van der Waals surface area contributed by atoms with Crippen molar-refractivity contribution < 1.29 is 61.4 Å². The Kier molecular flexibility index (Phi) is 7.98. The normalized spacial score (nSPS) is 13.1. The lowest BCUT2D eigenvalue weighted by atomic mass is 10.3. The zero-order valence-corrected chi connectivity index (χ0v) is 25.1. The molecule has 14 nitrogen and oxygen atoms in total. The summed E-state index contributed by atoms with van der Waals surface area (Å²) >= 11 is 0. The molecular formula is C24H18O14S5. The van der Waals surface area contributed by atoms with E-state index in [-0.39, 0.29) is 0 Å². The molecule has 0 atom stereocenters. The van der Waals surface area contributed by atoms with Crippen molar-refractivity contribution in [2.45, 2.75) is 39.2 Å². The Balaban J connectivity index is 1.85. The van der Waals surface area contributed by atoms with Crippen LogP contribution in [0.25, 0.3) is 0 Å². The van der Waals surface area contributed by atoms with E-state index in [0.717, 1.165) is 48.5 Å². The maximum Gasteiger partial charge on any atom is 0.294 e. The smallest absolute Gasteiger partial charge is 0.294 e. The van der Waals surface area contributed by atoms with Crippen molar-refractivity contribution in [1.29, 1.82) is 0 Å². The number of rotatable bonds is 8. The molecule has 19 heteroatoms. The molecule has 0 aliphatic carbocycles. The molecule has 0 bridgehead atoms. The third-order valence-corrected chi connectivity index (χ3v) is 12.9. The molecule has 0 aliphatic heterocycles. The summed E-state index contributed by atoms with van der Waals surface area (Å²) in [5, 5.41) is 20.6. The van der Waals surface area contributed by atoms with Gasteiger partial charge in [-0.3, -0.25) is 9.11 Å². The summed E-state index contributed by atoms with van der Waals surface area (Å²) in [6.45, 7) is 0. The lowest BCUT2D eigenvalue weighted by molar-refractivity contribution is 0.457. The third kappa shape index (κ3) is 6.13. The Morgan fingerprint density at radius 1 is 0.372 bits per heavy atom. The molecule has 0 fully saturated rings. The van der Waals surface area contributed by atoms with Gasteiger partial charge < -0.3 is 10.2 Å². The minimum Gasteiger partial charge on any atom is -0.507 e. The van der Waals surface area contributed by atoms with Crippen LogP contribution in [0.15, 0.2) is 124 Å². The van der Waals surface area contributed by atoms with Crippen LogP contribution in [0, 0.1) is 0 Å². The molecule has 43 heavy (non-hydrogen) atoms. The molecule has 0 spiro atoms. The molecule has 0 aromatic heterocycles. The first-order valence-corrected chi connectivity index (χ1v) is 18.6. The van der Waals surface area contributed by atoms with Gasteiger partial charge >= 0.3 is 0 Å². The fraction of sp³-hybridized carbons (Fsp3) is 0. The summed E-state index contributed by atoms with van der Waals surface area (Å²) in [5.41, 5.74) is 0. The second kappa shape index (κ2) is 10.7. The summed E-state index contributed by atoms with van der Waals surface area (Å²) in [5.74, 6) is -1.85. The van der Waals surface area contributed by atoms with Gasteiger partial charge in [0.15, 0.2) is 0 Å². The number of sulfone groups is 3. The monoisotopic (exact) mass is 690 g/mol. The minimum absolute atomic E-state index is 0.538. The Hall–Kier alpha value is -3.85. The summed E-state index contributed by atoms with van der Waals surface area (Å²) in [6.07, 6.45) is 0. The van der Waals surface area contributed by atoms with E-state index in [1.165, 1.54) is 0 Å². The summed E-state index contributed by atoms with van der Waals surface area (Å²) < 4.78 is 144. The predicted molar refractivity (Wildman–Crippen MR) is 145 cm³/mol. The van der Waals surface area contributed by atoms with E-state index in [1.54, 1.807) is 0 Å². The van der Waals surface area contributed by atoms with Gasteiger partial charge in [-0.15, -0.1) is 0 Å². The van der Waals surface area contributed by atoms with Crippen molar-refractivity contribution in [3.8, 4) is 11.5 Å². The number of hydrogen-bond donors (Lipinski definition) is 4. The predicted octanol–water partition coefficient (Wildman–Crippen LogP) is 2.09. The number of hydrogen-bond acceptors (Lipinski definition) is 12. The SMILES string of the molecule is O=S(=O)(O)c1cccc(S(=O)(=O)c2cc(S(=O)(=O)c3ccc(O)c(S(=O)(=O)c4cccc(S(=O)(=O)O)c4)c3)ccc2O)c1. The first kappa shape index (κ1) is 32.1. The van der Waals surface area contributed by atoms with Gasteiger partial charge in [-0.25, -0.2) is 25.3 Å². The van der Waals surface area contributed by atoms with Crippen molar-refractivity contribution >= 4 is 49.7 Å². The molecule has 0 radical (unpaired) electrons. The van der Waals surface area contributed by atoms with Gasteiger partial charge in [0, 0.05) is 0 Å². The fourth-order valence-electron chi connectivity index (χ4n) is 3.75. The molecule has 4 aromatic carbocycles. The second-order valence-electron chi connectivity index (χ2n) is 8.67. The van der Waals surface area contributed by atoms with Crippen molar-refractivity contribution in [3.05, 3.63) is 84.9 Å². The number of phenols is 2. The Morgan fingerprint density at radius 3 is 1.00 bits per heavy atom. The highest BCUT2D eigenvalue weighted by Gasteiger charge is 2.30. The third-order valence-electron chi connectivity index (χ3n) is 5.89. The van der Waals surface area contributed by atoms with Crippen molar-refractivity contribution in [1.82, 2.24) is 0 Å². The summed E-state index contributed by atoms with van der Waals surface area (Å²) in [7, 11) is -24.1. The Labute approximate surface area is 245 Å². The van der Waals surface area contributed by atoms with Gasteiger partial charge in [-0.1, -0.05) is 12.1 Å². The zero-order chi connectivity index (χ0) is 32.2. The molecule has 0 heterocycles. The average molecular weight is 691 g/mol. The highest BCUT2D eigenvalue weighted by atomic mass is 32.2. The topological polar surface area (TPSA) is 252 Å². The van der Waals surface area contributed by atoms with Gasteiger partial charge in [0.1, 0.15) is 21.3 Å². The highest BCUT2D eigenvalue weighted by molar-refractivity contribution is 7.93. The molecular weight excluding hydrogens is 673 g/mol. The summed E-state index contributed by atoms with van der Waals surface area (Å²) in [6, 6.07) is 10.9. The molecule has 228 valence electrons. The molecule has 0 unspecified atom stereocenters. The maximum atomic E-state index is 13.5. The van der Waals surface area contributed by atoms with Crippen LogP contribution in [0.2, 0.25) is 0 Å². The molecule has 0 aliphatic rings. The van der Waals surface area contributed by atoms with Crippen molar-refractivity contribution in [2.75, 3.05) is 0 Å². The van der Waals surface area contributed by atoms with E-state index in [9.17, 15) is 61.4 Å². The number of benzene rings is 4. The van der Waals surface area contributed by atoms with Gasteiger partial charge in [-0.2, -0.15) is 16.8 Å². The summed E-state index contributed by atoms with van der Waals surface area (Å²) in [4.78, 5) is -6.53. The first-order valence-electron chi connectivity index (χ1n) is 11.2. The molecule has 0 saturated carbocycles. The first-order chi connectivity index (χ1) is 19.7. The van der Waals surface area contributed by atoms with Crippen LogP contribution in [-0.4, -0.2) is 61.4 Å². The molecule has 4 aromatic rings. The van der Waals surface area contributed by atoms with Crippen LogP contribution in [0.4, 0.5) is 0 Å². The molecule has 4 rings (SSSR count). The van der Waals surface area contributed by atoms with Crippen molar-refractivity contribution in [3.63, 3.8) is 0 Å². The maximum absolute atomic E-state index is 13.5. The van der Waals surface area contributed by atoms with Gasteiger partial charge in [0.2, 0.25) is 29.5 Å². The van der Waals surface area contributed by atoms with E-state index in [2.05, 4.69) is 0 Å². The highest BCUT2D eigenvalue weighted by Crippen LogP contribution is 2.36. The lowest BCUT2D eigenvalue weighted by Gasteiger charge is -2.12. The Morgan fingerprint density at radius 2 is 0.674 bits per heavy atom. The van der Waals surface area contributed by atoms with E-state index in [0.29, 0.717) is 36.4 Å².